The van der Waals surface area contributed by atoms with Gasteiger partial charge in [0.15, 0.2) is 5.13 Å². The molecule has 1 aromatic heterocycles. The predicted octanol–water partition coefficient (Wildman–Crippen LogP) is 1.83. The third-order valence-electron chi connectivity index (χ3n) is 1.39. The van der Waals surface area contributed by atoms with Crippen LogP contribution in [0.4, 0.5) is 5.13 Å². The van der Waals surface area contributed by atoms with Gasteiger partial charge in [-0.05, 0) is 6.08 Å². The van der Waals surface area contributed by atoms with Gasteiger partial charge >= 0.3 is 0 Å². The molecule has 0 saturated heterocycles. The van der Waals surface area contributed by atoms with E-state index >= 15 is 0 Å². The lowest BCUT2D eigenvalue weighted by molar-refractivity contribution is 1.10. The number of rotatable bonds is 3. The number of thiazole rings is 1. The molecule has 1 aromatic rings. The van der Waals surface area contributed by atoms with Crippen LogP contribution in [0.1, 0.15) is 4.88 Å². The quantitative estimate of drug-likeness (QED) is 0.840. The maximum absolute atomic E-state index is 5.91. The van der Waals surface area contributed by atoms with Gasteiger partial charge in [-0.25, -0.2) is 4.98 Å². The van der Waals surface area contributed by atoms with E-state index in [1.807, 2.05) is 31.1 Å². The molecule has 0 unspecified atom stereocenters. The molecule has 72 valence electrons. The Morgan fingerprint density at radius 2 is 2.31 bits per heavy atom. The zero-order valence-corrected chi connectivity index (χ0v) is 9.19. The molecular formula is C8H12ClN3S. The van der Waals surface area contributed by atoms with Gasteiger partial charge in [0.05, 0.1) is 4.88 Å². The molecule has 3 nitrogen and oxygen atoms in total. The molecule has 0 fully saturated rings. The summed E-state index contributed by atoms with van der Waals surface area (Å²) in [6, 6.07) is 0. The van der Waals surface area contributed by atoms with Crippen LogP contribution >= 0.6 is 22.9 Å². The van der Waals surface area contributed by atoms with E-state index in [0.717, 1.165) is 10.0 Å². The Bertz CT molecular complexity index is 306. The van der Waals surface area contributed by atoms with Crippen molar-refractivity contribution in [3.8, 4) is 0 Å². The Balaban J connectivity index is 2.90. The molecule has 0 aliphatic carbocycles. The molecule has 0 aliphatic heterocycles. The maximum atomic E-state index is 5.91. The van der Waals surface area contributed by atoms with Crippen molar-refractivity contribution in [2.75, 3.05) is 25.5 Å². The van der Waals surface area contributed by atoms with Crippen molar-refractivity contribution in [1.82, 2.24) is 4.98 Å². The molecule has 0 radical (unpaired) electrons. The fourth-order valence-corrected chi connectivity index (χ4v) is 1.89. The first-order valence-corrected chi connectivity index (χ1v) is 5.05. The first-order valence-electron chi connectivity index (χ1n) is 3.85. The van der Waals surface area contributed by atoms with Gasteiger partial charge in [0.1, 0.15) is 5.15 Å². The van der Waals surface area contributed by atoms with Crippen LogP contribution in [0.2, 0.25) is 5.15 Å². The summed E-state index contributed by atoms with van der Waals surface area (Å²) in [6.45, 7) is 0.519. The highest BCUT2D eigenvalue weighted by Gasteiger charge is 2.07. The Kier molecular flexibility index (Phi) is 3.71. The first-order chi connectivity index (χ1) is 6.15. The minimum Gasteiger partial charge on any atom is -0.354 e. The number of nitrogens with two attached hydrogens (primary N) is 1. The lowest BCUT2D eigenvalue weighted by Gasteiger charge is -2.04. The van der Waals surface area contributed by atoms with Crippen LogP contribution in [0.5, 0.6) is 0 Å². The van der Waals surface area contributed by atoms with Crippen LogP contribution in [0.25, 0.3) is 6.08 Å². The molecule has 0 amide bonds. The Morgan fingerprint density at radius 1 is 1.62 bits per heavy atom. The number of hydrogen-bond donors (Lipinski definition) is 1. The molecule has 0 bridgehead atoms. The molecule has 1 heterocycles. The van der Waals surface area contributed by atoms with Gasteiger partial charge in [-0.15, -0.1) is 0 Å². The van der Waals surface area contributed by atoms with Gasteiger partial charge in [0.25, 0.3) is 0 Å². The SMILES string of the molecule is CN(C)c1nc(Cl)c(C=CCN)s1. The monoisotopic (exact) mass is 217 g/mol. The van der Waals surface area contributed by atoms with Crippen molar-refractivity contribution in [3.63, 3.8) is 0 Å². The van der Waals surface area contributed by atoms with Crippen molar-refractivity contribution >= 4 is 34.1 Å². The van der Waals surface area contributed by atoms with E-state index in [9.17, 15) is 0 Å². The van der Waals surface area contributed by atoms with Crippen molar-refractivity contribution < 1.29 is 0 Å². The molecule has 2 N–H and O–H groups in total. The molecule has 0 saturated carbocycles. The van der Waals surface area contributed by atoms with Gasteiger partial charge in [-0.1, -0.05) is 29.0 Å². The number of aromatic nitrogens is 1. The fraction of sp³-hybridized carbons (Fsp3) is 0.375. The Hall–Kier alpha value is -0.580. The van der Waals surface area contributed by atoms with E-state index in [0.29, 0.717) is 11.7 Å². The molecule has 0 spiro atoms. The number of hydrogen-bond acceptors (Lipinski definition) is 4. The summed E-state index contributed by atoms with van der Waals surface area (Å²) in [7, 11) is 3.87. The van der Waals surface area contributed by atoms with E-state index < -0.39 is 0 Å². The van der Waals surface area contributed by atoms with Crippen LogP contribution in [0.15, 0.2) is 6.08 Å². The van der Waals surface area contributed by atoms with Crippen molar-refractivity contribution in [2.45, 2.75) is 0 Å². The highest BCUT2D eigenvalue weighted by molar-refractivity contribution is 7.17. The number of nitrogens with zero attached hydrogens (tertiary/aromatic N) is 2. The zero-order valence-electron chi connectivity index (χ0n) is 7.62. The lowest BCUT2D eigenvalue weighted by Crippen LogP contribution is -2.07. The highest BCUT2D eigenvalue weighted by Crippen LogP contribution is 2.29. The molecule has 0 aliphatic rings. The summed E-state index contributed by atoms with van der Waals surface area (Å²) in [4.78, 5) is 7.06. The topological polar surface area (TPSA) is 42.2 Å². The van der Waals surface area contributed by atoms with E-state index in [1.165, 1.54) is 0 Å². The van der Waals surface area contributed by atoms with Gasteiger partial charge in [0.2, 0.25) is 0 Å². The number of halogens is 1. The molecule has 13 heavy (non-hydrogen) atoms. The third-order valence-corrected chi connectivity index (χ3v) is 2.97. The summed E-state index contributed by atoms with van der Waals surface area (Å²) in [5.41, 5.74) is 5.34. The molecule has 1 rings (SSSR count). The van der Waals surface area contributed by atoms with Gasteiger partial charge in [-0.2, -0.15) is 0 Å². The smallest absolute Gasteiger partial charge is 0.186 e. The van der Waals surface area contributed by atoms with E-state index in [1.54, 1.807) is 11.3 Å². The summed E-state index contributed by atoms with van der Waals surface area (Å²) in [5, 5.41) is 1.44. The lowest BCUT2D eigenvalue weighted by atomic mass is 10.4. The molecule has 5 heteroatoms. The van der Waals surface area contributed by atoms with Crippen molar-refractivity contribution in [2.24, 2.45) is 5.73 Å². The predicted molar refractivity (Wildman–Crippen MR) is 59.5 cm³/mol. The van der Waals surface area contributed by atoms with Crippen LogP contribution in [0, 0.1) is 0 Å². The van der Waals surface area contributed by atoms with Gasteiger partial charge in [0, 0.05) is 20.6 Å². The van der Waals surface area contributed by atoms with Crippen LogP contribution in [-0.2, 0) is 0 Å². The normalized spacial score (nSPS) is 11.1. The third kappa shape index (κ3) is 2.69. The second kappa shape index (κ2) is 4.60. The Labute approximate surface area is 86.8 Å². The summed E-state index contributed by atoms with van der Waals surface area (Å²) >= 11 is 7.45. The van der Waals surface area contributed by atoms with Crippen LogP contribution in [0.3, 0.4) is 0 Å². The average Bonchev–Trinajstić information content (AvgIpc) is 2.44. The standard InChI is InChI=1S/C8H12ClN3S/c1-12(2)8-11-7(9)6(13-8)4-3-5-10/h3-4H,5,10H2,1-2H3. The molecular weight excluding hydrogens is 206 g/mol. The van der Waals surface area contributed by atoms with Crippen LogP contribution < -0.4 is 10.6 Å². The van der Waals surface area contributed by atoms with Crippen molar-refractivity contribution in [1.29, 1.82) is 0 Å². The number of anilines is 1. The van der Waals surface area contributed by atoms with E-state index in [4.69, 9.17) is 17.3 Å². The van der Waals surface area contributed by atoms with E-state index in [-0.39, 0.29) is 0 Å². The molecule has 0 aromatic carbocycles. The largest absolute Gasteiger partial charge is 0.354 e. The van der Waals surface area contributed by atoms with Crippen molar-refractivity contribution in [3.05, 3.63) is 16.1 Å². The van der Waals surface area contributed by atoms with Crippen LogP contribution in [-0.4, -0.2) is 25.6 Å². The molecule has 0 atom stereocenters. The highest BCUT2D eigenvalue weighted by atomic mass is 35.5. The fourth-order valence-electron chi connectivity index (χ4n) is 0.772. The summed E-state index contributed by atoms with van der Waals surface area (Å²) in [6.07, 6.45) is 3.76. The Morgan fingerprint density at radius 3 is 2.77 bits per heavy atom. The van der Waals surface area contributed by atoms with Gasteiger partial charge < -0.3 is 10.6 Å². The second-order valence-corrected chi connectivity index (χ2v) is 4.05. The minimum atomic E-state index is 0.519. The average molecular weight is 218 g/mol. The maximum Gasteiger partial charge on any atom is 0.186 e. The first kappa shape index (κ1) is 10.5. The van der Waals surface area contributed by atoms with E-state index in [2.05, 4.69) is 4.98 Å². The zero-order chi connectivity index (χ0) is 9.84. The summed E-state index contributed by atoms with van der Waals surface area (Å²) in [5.74, 6) is 0. The summed E-state index contributed by atoms with van der Waals surface area (Å²) < 4.78 is 0. The minimum absolute atomic E-state index is 0.519. The van der Waals surface area contributed by atoms with Gasteiger partial charge in [-0.3, -0.25) is 0 Å². The second-order valence-electron chi connectivity index (χ2n) is 2.68.